The van der Waals surface area contributed by atoms with Crippen molar-refractivity contribution in [1.29, 1.82) is 0 Å². The Kier molecular flexibility index (Phi) is 12.6. The Hall–Kier alpha value is -3.64. The molecule has 244 valence electrons. The highest BCUT2D eigenvalue weighted by molar-refractivity contribution is 8.93. The van der Waals surface area contributed by atoms with Gasteiger partial charge in [0.1, 0.15) is 46.4 Å². The second kappa shape index (κ2) is 16.8. The maximum absolute atomic E-state index is 2.38. The third-order valence-corrected chi connectivity index (χ3v) is 18.3. The summed E-state index contributed by atoms with van der Waals surface area (Å²) in [6.07, 6.45) is 1.94. The molecule has 0 saturated heterocycles. The lowest BCUT2D eigenvalue weighted by Gasteiger charge is -2.30. The van der Waals surface area contributed by atoms with Crippen LogP contribution < -0.4 is 31.8 Å². The van der Waals surface area contributed by atoms with Crippen molar-refractivity contribution in [3.05, 3.63) is 217 Å². The maximum Gasteiger partial charge on any atom is 0.116 e. The molecule has 4 heteroatoms. The average molecular weight is 805 g/mol. The van der Waals surface area contributed by atoms with Gasteiger partial charge in [-0.1, -0.05) is 127 Å². The fraction of sp³-hybridized carbons (Fsp3) is 0.0667. The van der Waals surface area contributed by atoms with Crippen LogP contribution in [-0.2, 0) is 12.3 Å². The van der Waals surface area contributed by atoms with Crippen LogP contribution >= 0.6 is 48.5 Å². The second-order valence-corrected chi connectivity index (χ2v) is 19.1. The van der Waals surface area contributed by atoms with Gasteiger partial charge in [0.25, 0.3) is 0 Å². The van der Waals surface area contributed by atoms with Crippen molar-refractivity contribution >= 4 is 80.3 Å². The Morgan fingerprint density at radius 2 is 0.490 bits per heavy atom. The van der Waals surface area contributed by atoms with Crippen molar-refractivity contribution in [1.82, 2.24) is 0 Å². The van der Waals surface area contributed by atoms with Crippen LogP contribution in [0.4, 0.5) is 0 Å². The molecule has 0 N–H and O–H groups in total. The van der Waals surface area contributed by atoms with Crippen molar-refractivity contribution < 1.29 is 0 Å². The van der Waals surface area contributed by atoms with Gasteiger partial charge in [0, 0.05) is 0 Å². The van der Waals surface area contributed by atoms with Crippen LogP contribution in [0.3, 0.4) is 0 Å². The van der Waals surface area contributed by atoms with E-state index in [2.05, 4.69) is 207 Å². The van der Waals surface area contributed by atoms with Gasteiger partial charge in [0.05, 0.1) is 12.3 Å². The van der Waals surface area contributed by atoms with E-state index in [1.807, 2.05) is 0 Å². The first-order valence-corrected chi connectivity index (χ1v) is 20.3. The van der Waals surface area contributed by atoms with E-state index >= 15 is 0 Å². The first-order valence-electron chi connectivity index (χ1n) is 16.4. The Morgan fingerprint density at radius 3 is 0.694 bits per heavy atom. The molecular weight excluding hydrogens is 762 g/mol. The molecule has 0 aliphatic heterocycles. The van der Waals surface area contributed by atoms with Crippen LogP contribution in [0.25, 0.3) is 0 Å². The summed E-state index contributed by atoms with van der Waals surface area (Å²) < 4.78 is 0. The molecule has 0 aliphatic carbocycles. The Balaban J connectivity index is 0.00000234. The number of rotatable bonds is 10. The molecule has 0 aliphatic rings. The highest BCUT2D eigenvalue weighted by Crippen LogP contribution is 2.60. The van der Waals surface area contributed by atoms with Gasteiger partial charge in [-0.2, -0.15) is 0 Å². The molecule has 7 rings (SSSR count). The molecular formula is C45H42Br2P2+2. The van der Waals surface area contributed by atoms with E-state index in [4.69, 9.17) is 0 Å². The molecule has 0 amide bonds. The monoisotopic (exact) mass is 802 g/mol. The summed E-state index contributed by atoms with van der Waals surface area (Å²) in [5, 5.41) is 8.51. The van der Waals surface area contributed by atoms with Crippen molar-refractivity contribution in [3.8, 4) is 0 Å². The van der Waals surface area contributed by atoms with Gasteiger partial charge >= 0.3 is 0 Å². The third-order valence-electron chi connectivity index (χ3n) is 9.55. The first kappa shape index (κ1) is 36.6. The Bertz CT molecular complexity index is 1680. The molecule has 0 aromatic heterocycles. The van der Waals surface area contributed by atoms with Crippen molar-refractivity contribution in [2.24, 2.45) is 0 Å². The molecule has 0 bridgehead atoms. The molecule has 0 nitrogen and oxygen atoms in total. The lowest BCUT2D eigenvalue weighted by atomic mass is 10.1. The van der Waals surface area contributed by atoms with Crippen molar-refractivity contribution in [2.45, 2.75) is 19.2 Å². The average Bonchev–Trinajstić information content (AvgIpc) is 3.16. The van der Waals surface area contributed by atoms with Crippen LogP contribution in [0.1, 0.15) is 16.7 Å². The van der Waals surface area contributed by atoms with Crippen LogP contribution in [-0.4, -0.2) is 0 Å². The lowest BCUT2D eigenvalue weighted by molar-refractivity contribution is 1.21. The van der Waals surface area contributed by atoms with E-state index in [0.717, 1.165) is 12.3 Å². The summed E-state index contributed by atoms with van der Waals surface area (Å²) in [7, 11) is -4.08. The number of benzene rings is 7. The zero-order chi connectivity index (χ0) is 31.9. The molecule has 7 aromatic carbocycles. The van der Waals surface area contributed by atoms with Gasteiger partial charge in [-0.3, -0.25) is 0 Å². The first-order chi connectivity index (χ1) is 23.2. The van der Waals surface area contributed by atoms with E-state index in [1.165, 1.54) is 48.5 Å². The van der Waals surface area contributed by atoms with Crippen LogP contribution in [0.2, 0.25) is 0 Å². The minimum atomic E-state index is -2.04. The zero-order valence-electron chi connectivity index (χ0n) is 27.7. The highest BCUT2D eigenvalue weighted by Gasteiger charge is 2.48. The van der Waals surface area contributed by atoms with Gasteiger partial charge in [0.15, 0.2) is 0 Å². The molecule has 0 heterocycles. The van der Waals surface area contributed by atoms with E-state index in [1.54, 1.807) is 0 Å². The molecule has 0 radical (unpaired) electrons. The van der Waals surface area contributed by atoms with Gasteiger partial charge in [-0.05, 0) is 96.4 Å². The van der Waals surface area contributed by atoms with Crippen LogP contribution in [0.5, 0.6) is 0 Å². The predicted molar refractivity (Wildman–Crippen MR) is 230 cm³/mol. The summed E-state index contributed by atoms with van der Waals surface area (Å²) in [6, 6.07) is 74.6. The molecule has 0 unspecified atom stereocenters. The third kappa shape index (κ3) is 7.31. The zero-order valence-corrected chi connectivity index (χ0v) is 32.9. The topological polar surface area (TPSA) is 0 Å². The van der Waals surface area contributed by atoms with E-state index < -0.39 is 14.5 Å². The molecule has 0 atom stereocenters. The highest BCUT2D eigenvalue weighted by atomic mass is 79.9. The minimum absolute atomic E-state index is 0. The molecule has 0 fully saturated rings. The summed E-state index contributed by atoms with van der Waals surface area (Å²) in [5.41, 5.74) is 4.27. The van der Waals surface area contributed by atoms with E-state index in [9.17, 15) is 0 Å². The Labute approximate surface area is 314 Å². The number of hydrogen-bond acceptors (Lipinski definition) is 0. The quantitative estimate of drug-likeness (QED) is 0.121. The van der Waals surface area contributed by atoms with Crippen LogP contribution in [0, 0.1) is 6.92 Å². The lowest BCUT2D eigenvalue weighted by Crippen LogP contribution is -2.33. The molecule has 0 saturated carbocycles. The van der Waals surface area contributed by atoms with E-state index in [-0.39, 0.29) is 34.0 Å². The standard InChI is InChI=1S/C45H40P2.2BrH/c1-37-38(35-46(40-23-8-2-9-24-40,41-25-10-3-11-26-41)42-27-12-4-13-28-42)21-20-22-39(37)36-47(43-29-14-5-15-30-43,44-31-16-6-17-32-44)45-33-18-7-19-34-45;;/h2-34H,35-36H2,1H3;2*1H/q+2;;. The van der Waals surface area contributed by atoms with Gasteiger partial charge in [-0.25, -0.2) is 0 Å². The van der Waals surface area contributed by atoms with E-state index in [0.29, 0.717) is 0 Å². The summed E-state index contributed by atoms with van der Waals surface area (Å²) in [4.78, 5) is 0. The fourth-order valence-corrected chi connectivity index (χ4v) is 15.8. The Morgan fingerprint density at radius 1 is 0.286 bits per heavy atom. The smallest absolute Gasteiger partial charge is 0.114 e. The predicted octanol–water partition coefficient (Wildman–Crippen LogP) is 10.1. The second-order valence-electron chi connectivity index (χ2n) is 12.2. The summed E-state index contributed by atoms with van der Waals surface area (Å²) in [5.74, 6) is 0. The van der Waals surface area contributed by atoms with Gasteiger partial charge in [-0.15, -0.1) is 34.0 Å². The SMILES string of the molecule is Br.Br.Cc1c(C[P+](c2ccccc2)(c2ccccc2)c2ccccc2)cccc1C[P+](c1ccccc1)(c1ccccc1)c1ccccc1. The molecule has 7 aromatic rings. The number of hydrogen-bond donors (Lipinski definition) is 0. The molecule has 49 heavy (non-hydrogen) atoms. The maximum atomic E-state index is 2.38. The fourth-order valence-electron chi connectivity index (χ4n) is 7.13. The van der Waals surface area contributed by atoms with Crippen molar-refractivity contribution in [2.75, 3.05) is 0 Å². The van der Waals surface area contributed by atoms with Gasteiger partial charge < -0.3 is 0 Å². The molecule has 0 spiro atoms. The largest absolute Gasteiger partial charge is 0.116 e. The normalized spacial score (nSPS) is 11.2. The summed E-state index contributed by atoms with van der Waals surface area (Å²) in [6.45, 7) is 2.37. The minimum Gasteiger partial charge on any atom is -0.114 e. The van der Waals surface area contributed by atoms with Gasteiger partial charge in [0.2, 0.25) is 0 Å². The summed E-state index contributed by atoms with van der Waals surface area (Å²) >= 11 is 0. The van der Waals surface area contributed by atoms with Crippen LogP contribution in [0.15, 0.2) is 200 Å². The number of halogens is 2. The van der Waals surface area contributed by atoms with Crippen molar-refractivity contribution in [3.63, 3.8) is 0 Å².